The van der Waals surface area contributed by atoms with Gasteiger partial charge in [0, 0.05) is 71.4 Å². The van der Waals surface area contributed by atoms with Crippen LogP contribution in [0.5, 0.6) is 5.75 Å². The Kier molecular flexibility index (Phi) is 23.7. The molecule has 0 unspecified atom stereocenters. The number of thiophene rings is 4. The molecule has 0 amide bonds. The molecule has 8 aromatic heterocycles. The average molecular weight is 1350 g/mol. The number of benzene rings is 4. The van der Waals surface area contributed by atoms with Crippen molar-refractivity contribution in [2.75, 3.05) is 51.2 Å². The Labute approximate surface area is 552 Å². The van der Waals surface area contributed by atoms with Crippen LogP contribution in [-0.2, 0) is 25.5 Å². The molecule has 12 aromatic rings. The van der Waals surface area contributed by atoms with Gasteiger partial charge in [0.15, 0.2) is 18.0 Å². The summed E-state index contributed by atoms with van der Waals surface area (Å²) in [6, 6.07) is 21.3. The van der Waals surface area contributed by atoms with Crippen LogP contribution in [0.15, 0.2) is 132 Å². The minimum absolute atomic E-state index is 0.0875. The first kappa shape index (κ1) is 69.3. The summed E-state index contributed by atoms with van der Waals surface area (Å²) in [5.41, 5.74) is 7.24. The van der Waals surface area contributed by atoms with Gasteiger partial charge in [-0.05, 0) is 132 Å². The molecule has 0 aliphatic heterocycles. The molecule has 8 heterocycles. The third-order valence-corrected chi connectivity index (χ3v) is 17.2. The highest BCUT2D eigenvalue weighted by atomic mass is 32.1. The summed E-state index contributed by atoms with van der Waals surface area (Å²) in [5.74, 6) is 1.19. The summed E-state index contributed by atoms with van der Waals surface area (Å²) in [5, 5.41) is 65.1. The van der Waals surface area contributed by atoms with E-state index in [0.717, 1.165) is 58.6 Å². The van der Waals surface area contributed by atoms with Gasteiger partial charge in [-0.1, -0.05) is 67.9 Å². The number of aryl methyl sites for hydroxylation is 6. The van der Waals surface area contributed by atoms with Gasteiger partial charge in [-0.15, -0.1) is 70.9 Å². The van der Waals surface area contributed by atoms with Gasteiger partial charge in [0.1, 0.15) is 38.3 Å². The fraction of sp³-hybridized carbons (Fsp3) is 0.295. The molecule has 486 valence electrons. The summed E-state index contributed by atoms with van der Waals surface area (Å²) in [7, 11) is 7.78. The molecule has 0 spiro atoms. The zero-order valence-corrected chi connectivity index (χ0v) is 56.6. The van der Waals surface area contributed by atoms with E-state index >= 15 is 0 Å². The number of rotatable bonds is 16. The molecule has 33 heteroatoms. The van der Waals surface area contributed by atoms with E-state index in [1.54, 1.807) is 62.5 Å². The third kappa shape index (κ3) is 17.3. The lowest BCUT2D eigenvalue weighted by Gasteiger charge is -2.13. The molecule has 0 fully saturated rings. The monoisotopic (exact) mass is 1350 g/mol. The maximum Gasteiger partial charge on any atom is 0.373 e. The van der Waals surface area contributed by atoms with Crippen molar-refractivity contribution in [1.29, 1.82) is 0 Å². The third-order valence-electron chi connectivity index (χ3n) is 12.8. The van der Waals surface area contributed by atoms with Crippen LogP contribution in [0.2, 0.25) is 0 Å². The summed E-state index contributed by atoms with van der Waals surface area (Å²) >= 11 is 5.94. The molecule has 1 N–H and O–H groups in total. The van der Waals surface area contributed by atoms with E-state index in [9.17, 15) is 14.7 Å². The number of anilines is 2. The van der Waals surface area contributed by atoms with Crippen molar-refractivity contribution in [3.8, 4) is 5.75 Å². The van der Waals surface area contributed by atoms with Crippen LogP contribution in [0.25, 0.3) is 40.3 Å². The second kappa shape index (κ2) is 32.1. The normalized spacial score (nSPS) is 11.3. The van der Waals surface area contributed by atoms with E-state index in [4.69, 9.17) is 37.0 Å². The topological polar surface area (TPSA) is 368 Å². The van der Waals surface area contributed by atoms with Crippen molar-refractivity contribution < 1.29 is 51.7 Å². The van der Waals surface area contributed by atoms with Gasteiger partial charge in [-0.3, -0.25) is 0 Å². The summed E-state index contributed by atoms with van der Waals surface area (Å²) in [4.78, 5) is 59.6. The van der Waals surface area contributed by atoms with E-state index in [-0.39, 0.29) is 53.8 Å². The molecule has 0 saturated carbocycles. The van der Waals surface area contributed by atoms with Crippen LogP contribution in [0.3, 0.4) is 0 Å². The van der Waals surface area contributed by atoms with Crippen LogP contribution in [0.4, 0.5) is 58.2 Å². The highest BCUT2D eigenvalue weighted by Gasteiger charge is 2.20. The molecule has 0 aliphatic carbocycles. The lowest BCUT2D eigenvalue weighted by molar-refractivity contribution is -0.191. The number of hydrogen-bond acceptors (Lipinski definition) is 33. The first-order valence-electron chi connectivity index (χ1n) is 28.6. The van der Waals surface area contributed by atoms with Gasteiger partial charge < -0.3 is 42.4 Å². The van der Waals surface area contributed by atoms with Gasteiger partial charge in [-0.2, -0.15) is 24.5 Å². The molecule has 12 rings (SSSR count). The number of azo groups is 4. The van der Waals surface area contributed by atoms with Gasteiger partial charge in [0.2, 0.25) is 5.89 Å². The van der Waals surface area contributed by atoms with E-state index in [2.05, 4.69) is 114 Å². The first-order valence-corrected chi connectivity index (χ1v) is 31.8. The van der Waals surface area contributed by atoms with Crippen LogP contribution >= 0.6 is 45.3 Å². The second-order valence-corrected chi connectivity index (χ2v) is 25.1. The van der Waals surface area contributed by atoms with Crippen LogP contribution in [0.1, 0.15) is 98.3 Å². The van der Waals surface area contributed by atoms with Crippen molar-refractivity contribution in [3.63, 3.8) is 0 Å². The molecular formula is C61H62N18O11S4. The molecule has 0 radical (unpaired) electrons. The lowest BCUT2D eigenvalue weighted by atomic mass is 10.0. The predicted octanol–water partition coefficient (Wildman–Crippen LogP) is 17.6. The van der Waals surface area contributed by atoms with E-state index in [1.165, 1.54) is 55.1 Å². The van der Waals surface area contributed by atoms with Crippen molar-refractivity contribution in [1.82, 2.24) is 40.6 Å². The van der Waals surface area contributed by atoms with Gasteiger partial charge in [0.05, 0.1) is 32.0 Å². The van der Waals surface area contributed by atoms with Gasteiger partial charge >= 0.3 is 42.1 Å². The summed E-state index contributed by atoms with van der Waals surface area (Å²) < 4.78 is 34.1. The number of hydrogen-bond donors (Lipinski definition) is 1. The molecule has 0 saturated heterocycles. The van der Waals surface area contributed by atoms with E-state index in [1.807, 2.05) is 101 Å². The maximum absolute atomic E-state index is 12.1. The lowest BCUT2D eigenvalue weighted by Crippen LogP contribution is -2.08. The number of aromatic nitrogens is 8. The fourth-order valence-corrected chi connectivity index (χ4v) is 12.8. The van der Waals surface area contributed by atoms with Gasteiger partial charge in [-0.25, -0.2) is 9.59 Å². The Morgan fingerprint density at radius 2 is 1.05 bits per heavy atom. The molecule has 0 aliphatic rings. The number of ether oxygens (including phenoxy) is 2. The Balaban J connectivity index is 0.000000160. The van der Waals surface area contributed by atoms with Crippen molar-refractivity contribution in [2.24, 2.45) is 40.9 Å². The van der Waals surface area contributed by atoms with E-state index in [0.29, 0.717) is 57.6 Å². The average Bonchev–Trinajstić information content (AvgIpc) is 1.63. The standard InChI is InChI=1S/C18H21N5O3S.C16H17N5O3S.C14H14N4OS.C12H10N4O2S.CO2/c1-6-25-17(24)14-9-11-13(23(4)5)8-7-12(15(11)27-14)19-21-18-22-20-16(26-18)10(2)3;1-5-23-15(22)13-8-10-12(21(3)4)7-6-11(14(10)25-13)18-19-16-17-9(2)20-24-16;1-4-10-5-8(2)11-6-9(3)20-13(11)12(10)17-18-14-15-7-16-19-14;1-6-5-8-10(17)4-3-9(11(8)19-6)14-15-12-13-7(2)16-18-12;2-1-3/h7-10H,6H2,1-5H3;6-8H,5H2,1-4H3;5-7H,4H2,1-3H3;3-5,17H,1-2H3;. The summed E-state index contributed by atoms with van der Waals surface area (Å²) in [6.07, 6.45) is 2.47. The molecular weight excluding hydrogens is 1290 g/mol. The van der Waals surface area contributed by atoms with Crippen LogP contribution < -0.4 is 9.80 Å². The molecule has 4 aromatic carbocycles. The number of carbonyl (C=O) groups excluding carboxylic acids is 4. The van der Waals surface area contributed by atoms with E-state index < -0.39 is 0 Å². The number of carbonyl (C=O) groups is 2. The van der Waals surface area contributed by atoms with Crippen LogP contribution in [0, 0.1) is 34.6 Å². The molecule has 0 bridgehead atoms. The summed E-state index contributed by atoms with van der Waals surface area (Å²) in [6.45, 7) is 19.9. The largest absolute Gasteiger partial charge is 0.507 e. The van der Waals surface area contributed by atoms with Crippen LogP contribution in [-0.4, -0.2) is 105 Å². The number of aromatic hydroxyl groups is 1. The zero-order chi connectivity index (χ0) is 67.8. The minimum Gasteiger partial charge on any atom is -0.507 e. The minimum atomic E-state index is -0.344. The fourth-order valence-electron chi connectivity index (χ4n) is 8.69. The van der Waals surface area contributed by atoms with Crippen molar-refractivity contribution >= 4 is 162 Å². The predicted molar refractivity (Wildman–Crippen MR) is 356 cm³/mol. The Morgan fingerprint density at radius 3 is 1.50 bits per heavy atom. The Morgan fingerprint density at radius 1 is 0.574 bits per heavy atom. The zero-order valence-electron chi connectivity index (χ0n) is 53.3. The number of esters is 2. The highest BCUT2D eigenvalue weighted by molar-refractivity contribution is 7.22. The highest BCUT2D eigenvalue weighted by Crippen LogP contribution is 2.44. The quantitative estimate of drug-likeness (QED) is 0.0693. The number of fused-ring (bicyclic) bond motifs is 4. The van der Waals surface area contributed by atoms with Crippen molar-refractivity contribution in [3.05, 3.63) is 121 Å². The molecule has 0 atom stereocenters. The molecule has 29 nitrogen and oxygen atoms in total. The van der Waals surface area contributed by atoms with Crippen molar-refractivity contribution in [2.45, 2.75) is 81.6 Å². The smallest absolute Gasteiger partial charge is 0.373 e. The number of phenolic OH excluding ortho intramolecular Hbond substituents is 1. The SMILES string of the molecule is CCOC(=O)c1cc2c(N(C)C)ccc(N=Nc3nc(C)no3)c2s1.CCOC(=O)c1cc2c(N(C)C)ccc(N=Nc3nnc(C(C)C)o3)c2s1.CCc1cc(C)c2cc(C)sc2c1N=Nc1ncno1.Cc1noc(N=Nc2ccc(O)c3cc(C)sc23)n1.O=C=O. The Bertz CT molecular complexity index is 4760. The number of nitrogens with zero attached hydrogens (tertiary/aromatic N) is 18. The van der Waals surface area contributed by atoms with Gasteiger partial charge in [0.25, 0.3) is 0 Å². The first-order chi connectivity index (χ1) is 45.1. The molecule has 94 heavy (non-hydrogen) atoms. The second-order valence-electron chi connectivity index (χ2n) is 20.4. The Hall–Kier alpha value is -10.6. The number of phenols is 1. The maximum atomic E-state index is 12.1.